The summed E-state index contributed by atoms with van der Waals surface area (Å²) in [6.07, 6.45) is 2.33. The molecule has 1 heterocycles. The molecule has 0 radical (unpaired) electrons. The first-order valence-corrected chi connectivity index (χ1v) is 10.0. The van der Waals surface area contributed by atoms with Crippen molar-refractivity contribution in [2.24, 2.45) is 5.92 Å². The maximum Gasteiger partial charge on any atom is 0.228 e. The topological polar surface area (TPSA) is 47.6 Å². The van der Waals surface area contributed by atoms with Gasteiger partial charge < -0.3 is 14.8 Å². The van der Waals surface area contributed by atoms with Gasteiger partial charge in [-0.05, 0) is 37.1 Å². The Balaban J connectivity index is 1.47. The number of amides is 1. The molecule has 2 atom stereocenters. The number of carbonyl (C=O) groups excluding carboxylic acids is 1. The van der Waals surface area contributed by atoms with E-state index in [1.165, 1.54) is 4.90 Å². The summed E-state index contributed by atoms with van der Waals surface area (Å²) in [6, 6.07) is 17.7. The Labute approximate surface area is 159 Å². The third kappa shape index (κ3) is 5.78. The third-order valence-corrected chi connectivity index (χ3v) is 5.52. The lowest BCUT2D eigenvalue weighted by molar-refractivity contribution is -0.118. The normalized spacial score (nSPS) is 17.7. The van der Waals surface area contributed by atoms with Gasteiger partial charge >= 0.3 is 0 Å². The summed E-state index contributed by atoms with van der Waals surface area (Å²) < 4.78 is 11.4. The van der Waals surface area contributed by atoms with Crippen LogP contribution >= 0.6 is 11.8 Å². The lowest BCUT2D eigenvalue weighted by atomic mass is 10.2. The van der Waals surface area contributed by atoms with Crippen LogP contribution in [0.3, 0.4) is 0 Å². The van der Waals surface area contributed by atoms with E-state index in [2.05, 4.69) is 17.4 Å². The van der Waals surface area contributed by atoms with Gasteiger partial charge in [0.25, 0.3) is 0 Å². The van der Waals surface area contributed by atoms with E-state index in [0.29, 0.717) is 6.61 Å². The standard InChI is InChI=1S/C21H25NO3S/c1-16(15-26-20-10-3-2-4-11-20)21(23)22-17-7-5-8-18(13-17)25-14-19-9-6-12-24-19/h2-5,7-8,10-11,13,16,19H,6,9,12,14-15H2,1H3,(H,22,23). The number of benzene rings is 2. The zero-order valence-electron chi connectivity index (χ0n) is 15.0. The number of hydrogen-bond donors (Lipinski definition) is 1. The number of carbonyl (C=O) groups is 1. The molecule has 1 aliphatic heterocycles. The molecule has 0 aromatic heterocycles. The van der Waals surface area contributed by atoms with Crippen molar-refractivity contribution >= 4 is 23.4 Å². The minimum absolute atomic E-state index is 0.0182. The Morgan fingerprint density at radius 3 is 2.88 bits per heavy atom. The zero-order valence-corrected chi connectivity index (χ0v) is 15.8. The lowest BCUT2D eigenvalue weighted by Gasteiger charge is -2.14. The predicted molar refractivity (Wildman–Crippen MR) is 106 cm³/mol. The van der Waals surface area contributed by atoms with Gasteiger partial charge in [0.05, 0.1) is 6.10 Å². The first-order chi connectivity index (χ1) is 12.7. The van der Waals surface area contributed by atoms with Crippen LogP contribution in [0.1, 0.15) is 19.8 Å². The summed E-state index contributed by atoms with van der Waals surface area (Å²) in [4.78, 5) is 13.6. The van der Waals surface area contributed by atoms with Crippen LogP contribution in [0.2, 0.25) is 0 Å². The fraction of sp³-hybridized carbons (Fsp3) is 0.381. The highest BCUT2D eigenvalue weighted by atomic mass is 32.2. The zero-order chi connectivity index (χ0) is 18.2. The molecule has 4 nitrogen and oxygen atoms in total. The molecule has 3 rings (SSSR count). The summed E-state index contributed by atoms with van der Waals surface area (Å²) in [5, 5.41) is 2.98. The molecule has 1 amide bonds. The van der Waals surface area contributed by atoms with Crippen molar-refractivity contribution < 1.29 is 14.3 Å². The van der Waals surface area contributed by atoms with Crippen molar-refractivity contribution in [2.45, 2.75) is 30.8 Å². The SMILES string of the molecule is CC(CSc1ccccc1)C(=O)Nc1cccc(OCC2CCCO2)c1. The second-order valence-electron chi connectivity index (χ2n) is 6.49. The lowest BCUT2D eigenvalue weighted by Crippen LogP contribution is -2.22. The third-order valence-electron chi connectivity index (χ3n) is 4.25. The van der Waals surface area contributed by atoms with Gasteiger partial charge in [-0.25, -0.2) is 0 Å². The number of hydrogen-bond acceptors (Lipinski definition) is 4. The summed E-state index contributed by atoms with van der Waals surface area (Å²) >= 11 is 1.69. The number of nitrogens with one attached hydrogen (secondary N) is 1. The molecule has 1 saturated heterocycles. The van der Waals surface area contributed by atoms with Crippen LogP contribution in [-0.4, -0.2) is 31.0 Å². The number of thioether (sulfide) groups is 1. The fourth-order valence-electron chi connectivity index (χ4n) is 2.71. The molecule has 2 aromatic rings. The van der Waals surface area contributed by atoms with Gasteiger partial charge in [0.15, 0.2) is 0 Å². The highest BCUT2D eigenvalue weighted by Gasteiger charge is 2.17. The molecule has 5 heteroatoms. The van der Waals surface area contributed by atoms with E-state index in [0.717, 1.165) is 36.6 Å². The van der Waals surface area contributed by atoms with Gasteiger partial charge in [0, 0.05) is 34.9 Å². The van der Waals surface area contributed by atoms with Crippen molar-refractivity contribution in [1.29, 1.82) is 0 Å². The van der Waals surface area contributed by atoms with Crippen molar-refractivity contribution in [3.63, 3.8) is 0 Å². The molecular formula is C21H25NO3S. The van der Waals surface area contributed by atoms with E-state index in [1.807, 2.05) is 49.4 Å². The van der Waals surface area contributed by atoms with E-state index in [9.17, 15) is 4.79 Å². The molecule has 1 fully saturated rings. The van der Waals surface area contributed by atoms with Gasteiger partial charge in [0.2, 0.25) is 5.91 Å². The molecule has 26 heavy (non-hydrogen) atoms. The van der Waals surface area contributed by atoms with E-state index < -0.39 is 0 Å². The van der Waals surface area contributed by atoms with Crippen LogP contribution in [0.5, 0.6) is 5.75 Å². The fourth-order valence-corrected chi connectivity index (χ4v) is 3.65. The highest BCUT2D eigenvalue weighted by molar-refractivity contribution is 7.99. The Kier molecular flexibility index (Phi) is 6.97. The Hall–Kier alpha value is -1.98. The van der Waals surface area contributed by atoms with E-state index >= 15 is 0 Å². The van der Waals surface area contributed by atoms with Gasteiger partial charge in [-0.15, -0.1) is 11.8 Å². The van der Waals surface area contributed by atoms with Crippen LogP contribution in [0.4, 0.5) is 5.69 Å². The van der Waals surface area contributed by atoms with Gasteiger partial charge in [-0.1, -0.05) is 31.2 Å². The molecular weight excluding hydrogens is 346 g/mol. The molecule has 2 aromatic carbocycles. The summed E-state index contributed by atoms with van der Waals surface area (Å²) in [6.45, 7) is 3.33. The smallest absolute Gasteiger partial charge is 0.228 e. The number of anilines is 1. The minimum Gasteiger partial charge on any atom is -0.491 e. The Morgan fingerprint density at radius 2 is 2.12 bits per heavy atom. The second-order valence-corrected chi connectivity index (χ2v) is 7.58. The van der Waals surface area contributed by atoms with Crippen LogP contribution in [0.25, 0.3) is 0 Å². The van der Waals surface area contributed by atoms with Crippen LogP contribution in [0.15, 0.2) is 59.5 Å². The van der Waals surface area contributed by atoms with Crippen molar-refractivity contribution in [3.05, 3.63) is 54.6 Å². The number of ether oxygens (including phenoxy) is 2. The highest BCUT2D eigenvalue weighted by Crippen LogP contribution is 2.23. The molecule has 1 N–H and O–H groups in total. The number of rotatable bonds is 8. The molecule has 0 aliphatic carbocycles. The van der Waals surface area contributed by atoms with Crippen molar-refractivity contribution in [1.82, 2.24) is 0 Å². The molecule has 0 bridgehead atoms. The van der Waals surface area contributed by atoms with Gasteiger partial charge in [-0.2, -0.15) is 0 Å². The largest absolute Gasteiger partial charge is 0.491 e. The molecule has 0 spiro atoms. The summed E-state index contributed by atoms with van der Waals surface area (Å²) in [7, 11) is 0. The van der Waals surface area contributed by atoms with Crippen LogP contribution in [-0.2, 0) is 9.53 Å². The van der Waals surface area contributed by atoms with E-state index in [1.54, 1.807) is 11.8 Å². The summed E-state index contributed by atoms with van der Waals surface area (Å²) in [5.41, 5.74) is 0.761. The van der Waals surface area contributed by atoms with Crippen molar-refractivity contribution in [3.8, 4) is 5.75 Å². The Morgan fingerprint density at radius 1 is 1.27 bits per heavy atom. The van der Waals surface area contributed by atoms with E-state index in [-0.39, 0.29) is 17.9 Å². The maximum absolute atomic E-state index is 12.4. The maximum atomic E-state index is 12.4. The van der Waals surface area contributed by atoms with Crippen LogP contribution in [0, 0.1) is 5.92 Å². The second kappa shape index (κ2) is 9.64. The first kappa shape index (κ1) is 18.8. The van der Waals surface area contributed by atoms with Crippen molar-refractivity contribution in [2.75, 3.05) is 24.3 Å². The Bertz CT molecular complexity index is 701. The average Bonchev–Trinajstić information content (AvgIpc) is 3.19. The van der Waals surface area contributed by atoms with Gasteiger partial charge in [0.1, 0.15) is 12.4 Å². The molecule has 2 unspecified atom stereocenters. The predicted octanol–water partition coefficient (Wildman–Crippen LogP) is 4.61. The van der Waals surface area contributed by atoms with Crippen LogP contribution < -0.4 is 10.1 Å². The first-order valence-electron chi connectivity index (χ1n) is 9.04. The quantitative estimate of drug-likeness (QED) is 0.688. The summed E-state index contributed by atoms with van der Waals surface area (Å²) in [5.74, 6) is 1.43. The molecule has 1 aliphatic rings. The van der Waals surface area contributed by atoms with E-state index in [4.69, 9.17) is 9.47 Å². The van der Waals surface area contributed by atoms with Gasteiger partial charge in [-0.3, -0.25) is 4.79 Å². The molecule has 0 saturated carbocycles. The monoisotopic (exact) mass is 371 g/mol. The average molecular weight is 372 g/mol. The minimum atomic E-state index is -0.0864. The molecule has 138 valence electrons.